The number of carboxylic acid groups (broad SMARTS) is 1. The quantitative estimate of drug-likeness (QED) is 0.615. The monoisotopic (exact) mass is 291 g/mol. The molecule has 0 aromatic heterocycles. The number of rotatable bonds is 11. The van der Waals surface area contributed by atoms with Gasteiger partial charge in [-0.25, -0.2) is 0 Å². The number of benzene rings is 1. The Hall–Kier alpha value is -1.68. The molecule has 116 valence electrons. The number of nitrogens with one attached hydrogen (secondary N) is 1. The molecule has 4 heteroatoms. The summed E-state index contributed by atoms with van der Waals surface area (Å²) in [6.07, 6.45) is 3.92. The van der Waals surface area contributed by atoms with Gasteiger partial charge in [0.25, 0.3) is 0 Å². The van der Waals surface area contributed by atoms with Crippen LogP contribution >= 0.6 is 0 Å². The van der Waals surface area contributed by atoms with Gasteiger partial charge < -0.3 is 10.4 Å². The Morgan fingerprint density at radius 3 is 2.48 bits per heavy atom. The molecule has 0 heterocycles. The van der Waals surface area contributed by atoms with E-state index in [0.717, 1.165) is 31.4 Å². The highest BCUT2D eigenvalue weighted by Crippen LogP contribution is 2.07. The maximum Gasteiger partial charge on any atom is 0.303 e. The van der Waals surface area contributed by atoms with E-state index in [1.807, 2.05) is 30.3 Å². The fourth-order valence-corrected chi connectivity index (χ4v) is 2.21. The fraction of sp³-hybridized carbons (Fsp3) is 0.529. The van der Waals surface area contributed by atoms with Crippen LogP contribution in [0.1, 0.15) is 44.6 Å². The van der Waals surface area contributed by atoms with Crippen molar-refractivity contribution in [2.45, 2.75) is 51.5 Å². The Morgan fingerprint density at radius 1 is 1.14 bits per heavy atom. The van der Waals surface area contributed by atoms with E-state index in [9.17, 15) is 9.59 Å². The maximum absolute atomic E-state index is 12.2. The number of carbonyl (C=O) groups is 2. The molecule has 0 aliphatic carbocycles. The molecule has 0 saturated heterocycles. The number of Topliss-reactive ketones (excluding diaryl/α,β-unsaturated/α-hetero) is 1. The minimum absolute atomic E-state index is 0.0160. The van der Waals surface area contributed by atoms with E-state index in [2.05, 4.69) is 12.2 Å². The summed E-state index contributed by atoms with van der Waals surface area (Å²) in [7, 11) is 0. The molecule has 0 fully saturated rings. The number of unbranched alkanes of at least 4 members (excludes halogenated alkanes) is 2. The van der Waals surface area contributed by atoms with Crippen molar-refractivity contribution in [1.82, 2.24) is 5.32 Å². The molecular weight excluding hydrogens is 266 g/mol. The van der Waals surface area contributed by atoms with Gasteiger partial charge in [0.05, 0.1) is 12.5 Å². The van der Waals surface area contributed by atoms with Gasteiger partial charge in [-0.1, -0.05) is 50.1 Å². The molecule has 0 bridgehead atoms. The first kappa shape index (κ1) is 17.4. The lowest BCUT2D eigenvalue weighted by Gasteiger charge is -2.17. The first-order chi connectivity index (χ1) is 10.1. The van der Waals surface area contributed by atoms with Gasteiger partial charge in [-0.15, -0.1) is 0 Å². The zero-order valence-corrected chi connectivity index (χ0v) is 12.7. The molecule has 1 aromatic rings. The van der Waals surface area contributed by atoms with Gasteiger partial charge in [0.1, 0.15) is 0 Å². The molecule has 2 N–H and O–H groups in total. The molecule has 0 unspecified atom stereocenters. The van der Waals surface area contributed by atoms with Gasteiger partial charge in [0.15, 0.2) is 5.78 Å². The first-order valence-electron chi connectivity index (χ1n) is 7.65. The summed E-state index contributed by atoms with van der Waals surface area (Å²) >= 11 is 0. The lowest BCUT2D eigenvalue weighted by atomic mass is 9.99. The van der Waals surface area contributed by atoms with Gasteiger partial charge in [0, 0.05) is 6.42 Å². The van der Waals surface area contributed by atoms with Crippen LogP contribution in [0.3, 0.4) is 0 Å². The molecule has 0 saturated carbocycles. The van der Waals surface area contributed by atoms with Gasteiger partial charge in [0.2, 0.25) is 0 Å². The van der Waals surface area contributed by atoms with Crippen LogP contribution in [0.5, 0.6) is 0 Å². The number of hydrogen-bond acceptors (Lipinski definition) is 3. The standard InChI is InChI=1S/C17H25NO3/c1-2-3-7-12-18-15(16(19)10-11-17(20)21)13-14-8-5-4-6-9-14/h4-6,8-9,15,18H,2-3,7,10-13H2,1H3,(H,20,21)/t15-/m1/s1. The lowest BCUT2D eigenvalue weighted by molar-refractivity contribution is -0.138. The minimum Gasteiger partial charge on any atom is -0.481 e. The van der Waals surface area contributed by atoms with Crippen LogP contribution in [0.15, 0.2) is 30.3 Å². The number of ketones is 1. The molecule has 0 amide bonds. The summed E-state index contributed by atoms with van der Waals surface area (Å²) in [5, 5.41) is 12.0. The Morgan fingerprint density at radius 2 is 1.86 bits per heavy atom. The summed E-state index contributed by atoms with van der Waals surface area (Å²) in [5.74, 6) is -0.939. The summed E-state index contributed by atoms with van der Waals surface area (Å²) in [6.45, 7) is 2.93. The number of carboxylic acids is 1. The summed E-state index contributed by atoms with van der Waals surface area (Å²) < 4.78 is 0. The van der Waals surface area contributed by atoms with Crippen LogP contribution in [0.2, 0.25) is 0 Å². The van der Waals surface area contributed by atoms with Crippen molar-refractivity contribution in [3.63, 3.8) is 0 Å². The second kappa shape index (κ2) is 10.1. The normalized spacial score (nSPS) is 12.0. The molecule has 1 rings (SSSR count). The Balaban J connectivity index is 2.56. The topological polar surface area (TPSA) is 66.4 Å². The second-order valence-electron chi connectivity index (χ2n) is 5.26. The fourth-order valence-electron chi connectivity index (χ4n) is 2.21. The van der Waals surface area contributed by atoms with Crippen LogP contribution in [0.4, 0.5) is 0 Å². The van der Waals surface area contributed by atoms with Crippen molar-refractivity contribution in [2.24, 2.45) is 0 Å². The zero-order chi connectivity index (χ0) is 15.5. The largest absolute Gasteiger partial charge is 0.481 e. The van der Waals surface area contributed by atoms with E-state index < -0.39 is 5.97 Å². The molecular formula is C17H25NO3. The molecule has 0 radical (unpaired) electrons. The smallest absolute Gasteiger partial charge is 0.303 e. The van der Waals surface area contributed by atoms with Crippen LogP contribution in [0.25, 0.3) is 0 Å². The highest BCUT2D eigenvalue weighted by atomic mass is 16.4. The van der Waals surface area contributed by atoms with Crippen molar-refractivity contribution in [2.75, 3.05) is 6.54 Å². The van der Waals surface area contributed by atoms with E-state index in [1.54, 1.807) is 0 Å². The summed E-state index contributed by atoms with van der Waals surface area (Å²) in [4.78, 5) is 22.8. The Kier molecular flexibility index (Phi) is 8.36. The third kappa shape index (κ3) is 7.61. The number of hydrogen-bond donors (Lipinski definition) is 2. The average molecular weight is 291 g/mol. The summed E-state index contributed by atoms with van der Waals surface area (Å²) in [5.41, 5.74) is 1.09. The summed E-state index contributed by atoms with van der Waals surface area (Å²) in [6, 6.07) is 9.54. The van der Waals surface area contributed by atoms with Crippen LogP contribution in [-0.4, -0.2) is 29.4 Å². The van der Waals surface area contributed by atoms with Gasteiger partial charge in [-0.2, -0.15) is 0 Å². The van der Waals surface area contributed by atoms with Crippen molar-refractivity contribution in [1.29, 1.82) is 0 Å². The van der Waals surface area contributed by atoms with E-state index in [0.29, 0.717) is 6.42 Å². The predicted octanol–water partition coefficient (Wildman–Crippen LogP) is 2.81. The molecule has 1 atom stereocenters. The molecule has 0 aliphatic heterocycles. The Labute approximate surface area is 126 Å². The van der Waals surface area contributed by atoms with Crippen molar-refractivity contribution in [3.05, 3.63) is 35.9 Å². The lowest BCUT2D eigenvalue weighted by Crippen LogP contribution is -2.39. The Bertz CT molecular complexity index is 431. The molecule has 4 nitrogen and oxygen atoms in total. The van der Waals surface area contributed by atoms with Crippen LogP contribution < -0.4 is 5.32 Å². The van der Waals surface area contributed by atoms with Crippen molar-refractivity contribution in [3.8, 4) is 0 Å². The maximum atomic E-state index is 12.2. The van der Waals surface area contributed by atoms with Crippen LogP contribution in [0, 0.1) is 0 Å². The van der Waals surface area contributed by atoms with Crippen LogP contribution in [-0.2, 0) is 16.0 Å². The van der Waals surface area contributed by atoms with Gasteiger partial charge in [-0.3, -0.25) is 9.59 Å². The third-order valence-corrected chi connectivity index (χ3v) is 3.43. The number of aliphatic carboxylic acids is 1. The second-order valence-corrected chi connectivity index (χ2v) is 5.26. The number of carbonyl (C=O) groups excluding carboxylic acids is 1. The van der Waals surface area contributed by atoms with Gasteiger partial charge >= 0.3 is 5.97 Å². The zero-order valence-electron chi connectivity index (χ0n) is 12.7. The van der Waals surface area contributed by atoms with E-state index >= 15 is 0 Å². The SMILES string of the molecule is CCCCCN[C@H](Cc1ccccc1)C(=O)CCC(=O)O. The van der Waals surface area contributed by atoms with E-state index in [4.69, 9.17) is 5.11 Å². The van der Waals surface area contributed by atoms with Crippen molar-refractivity contribution < 1.29 is 14.7 Å². The highest BCUT2D eigenvalue weighted by Gasteiger charge is 2.18. The van der Waals surface area contributed by atoms with Gasteiger partial charge in [-0.05, 0) is 24.9 Å². The average Bonchev–Trinajstić information content (AvgIpc) is 2.49. The highest BCUT2D eigenvalue weighted by molar-refractivity contribution is 5.87. The molecule has 0 aliphatic rings. The third-order valence-electron chi connectivity index (χ3n) is 3.43. The van der Waals surface area contributed by atoms with E-state index in [1.165, 1.54) is 0 Å². The van der Waals surface area contributed by atoms with Crippen molar-refractivity contribution >= 4 is 11.8 Å². The predicted molar refractivity (Wildman–Crippen MR) is 83.3 cm³/mol. The van der Waals surface area contributed by atoms with E-state index in [-0.39, 0.29) is 24.7 Å². The first-order valence-corrected chi connectivity index (χ1v) is 7.65. The molecule has 1 aromatic carbocycles. The molecule has 21 heavy (non-hydrogen) atoms. The molecule has 0 spiro atoms. The minimum atomic E-state index is -0.923.